The maximum Gasteiger partial charge on any atom is 0.339 e. The minimum absolute atomic E-state index is 0.200. The van der Waals surface area contributed by atoms with Crippen molar-refractivity contribution < 1.29 is 14.6 Å². The van der Waals surface area contributed by atoms with Crippen LogP contribution in [0.2, 0.25) is 0 Å². The first kappa shape index (κ1) is 13.1. The summed E-state index contributed by atoms with van der Waals surface area (Å²) < 4.78 is 6.97. The summed E-state index contributed by atoms with van der Waals surface area (Å²) in [5.41, 5.74) is 2.41. The third-order valence-corrected chi connectivity index (χ3v) is 2.81. The highest BCUT2D eigenvalue weighted by Crippen LogP contribution is 2.27. The molecule has 0 aliphatic carbocycles. The molecule has 1 heterocycles. The van der Waals surface area contributed by atoms with Crippen molar-refractivity contribution in [3.8, 4) is 17.0 Å². The molecular formula is C14H16N2O3. The van der Waals surface area contributed by atoms with Gasteiger partial charge in [-0.3, -0.25) is 4.68 Å². The zero-order valence-electron chi connectivity index (χ0n) is 11.2. The van der Waals surface area contributed by atoms with E-state index >= 15 is 0 Å². The third kappa shape index (κ3) is 2.59. The first-order valence-corrected chi connectivity index (χ1v) is 6.03. The van der Waals surface area contributed by atoms with Gasteiger partial charge in [-0.15, -0.1) is 0 Å². The van der Waals surface area contributed by atoms with Gasteiger partial charge in [-0.25, -0.2) is 4.79 Å². The molecule has 0 spiro atoms. The second-order valence-electron chi connectivity index (χ2n) is 4.28. The number of hydrogen-bond acceptors (Lipinski definition) is 3. The Morgan fingerprint density at radius 2 is 2.21 bits per heavy atom. The van der Waals surface area contributed by atoms with E-state index in [9.17, 15) is 9.90 Å². The molecule has 2 rings (SSSR count). The second kappa shape index (κ2) is 5.14. The number of aromatic carboxylic acids is 1. The number of carboxylic acid groups (broad SMARTS) is 1. The van der Waals surface area contributed by atoms with Gasteiger partial charge in [0.05, 0.1) is 6.61 Å². The summed E-state index contributed by atoms with van der Waals surface area (Å²) in [5.74, 6) is -0.173. The lowest BCUT2D eigenvalue weighted by atomic mass is 10.1. The highest BCUT2D eigenvalue weighted by atomic mass is 16.5. The molecule has 0 unspecified atom stereocenters. The number of aryl methyl sites for hydroxylation is 2. The van der Waals surface area contributed by atoms with Gasteiger partial charge in [-0.2, -0.15) is 5.10 Å². The lowest BCUT2D eigenvalue weighted by molar-refractivity contribution is 0.0697. The molecule has 19 heavy (non-hydrogen) atoms. The second-order valence-corrected chi connectivity index (χ2v) is 4.28. The Kier molecular flexibility index (Phi) is 3.55. The molecule has 0 saturated heterocycles. The van der Waals surface area contributed by atoms with Gasteiger partial charge in [-0.1, -0.05) is 0 Å². The van der Waals surface area contributed by atoms with Crippen molar-refractivity contribution in [2.45, 2.75) is 13.8 Å². The van der Waals surface area contributed by atoms with Crippen LogP contribution in [0.15, 0.2) is 24.4 Å². The quantitative estimate of drug-likeness (QED) is 0.917. The summed E-state index contributed by atoms with van der Waals surface area (Å²) in [6.45, 7) is 4.46. The molecule has 0 saturated carbocycles. The average molecular weight is 260 g/mol. The normalized spacial score (nSPS) is 10.5. The fourth-order valence-electron chi connectivity index (χ4n) is 1.97. The highest BCUT2D eigenvalue weighted by molar-refractivity contribution is 5.94. The monoisotopic (exact) mass is 260 g/mol. The zero-order valence-corrected chi connectivity index (χ0v) is 11.2. The van der Waals surface area contributed by atoms with Crippen molar-refractivity contribution in [3.63, 3.8) is 0 Å². The van der Waals surface area contributed by atoms with E-state index < -0.39 is 5.97 Å². The van der Waals surface area contributed by atoms with Crippen molar-refractivity contribution >= 4 is 5.97 Å². The van der Waals surface area contributed by atoms with Crippen LogP contribution in [-0.4, -0.2) is 27.5 Å². The van der Waals surface area contributed by atoms with E-state index in [0.717, 1.165) is 16.9 Å². The van der Waals surface area contributed by atoms with E-state index in [1.165, 1.54) is 10.9 Å². The molecule has 100 valence electrons. The first-order chi connectivity index (χ1) is 9.02. The molecule has 1 aromatic heterocycles. The average Bonchev–Trinajstić information content (AvgIpc) is 2.74. The Morgan fingerprint density at radius 3 is 2.79 bits per heavy atom. The van der Waals surface area contributed by atoms with Crippen LogP contribution in [0.1, 0.15) is 22.8 Å². The predicted octanol–water partition coefficient (Wildman–Crippen LogP) is 2.49. The summed E-state index contributed by atoms with van der Waals surface area (Å²) in [7, 11) is 1.71. The van der Waals surface area contributed by atoms with Crippen molar-refractivity contribution in [3.05, 3.63) is 35.5 Å². The van der Waals surface area contributed by atoms with Crippen LogP contribution in [0.3, 0.4) is 0 Å². The van der Waals surface area contributed by atoms with Crippen LogP contribution in [0.25, 0.3) is 11.3 Å². The molecule has 0 aliphatic rings. The summed E-state index contributed by atoms with van der Waals surface area (Å²) in [5, 5.41) is 13.4. The predicted molar refractivity (Wildman–Crippen MR) is 71.5 cm³/mol. The molecule has 1 N–H and O–H groups in total. The van der Waals surface area contributed by atoms with E-state index in [1.54, 1.807) is 7.05 Å². The topological polar surface area (TPSA) is 64.4 Å². The fourth-order valence-corrected chi connectivity index (χ4v) is 1.97. The minimum Gasteiger partial charge on any atom is -0.494 e. The Morgan fingerprint density at radius 1 is 1.47 bits per heavy atom. The number of carboxylic acids is 1. The van der Waals surface area contributed by atoms with Gasteiger partial charge < -0.3 is 9.84 Å². The largest absolute Gasteiger partial charge is 0.494 e. The summed E-state index contributed by atoms with van der Waals surface area (Å²) >= 11 is 0. The molecule has 0 amide bonds. The van der Waals surface area contributed by atoms with Gasteiger partial charge in [0.2, 0.25) is 0 Å². The highest BCUT2D eigenvalue weighted by Gasteiger charge is 2.16. The number of carbonyl (C=O) groups is 1. The summed E-state index contributed by atoms with van der Waals surface area (Å²) in [6, 6.07) is 5.56. The Bertz CT molecular complexity index is 617. The van der Waals surface area contributed by atoms with Gasteiger partial charge in [0.15, 0.2) is 0 Å². The van der Waals surface area contributed by atoms with Crippen LogP contribution in [0, 0.1) is 6.92 Å². The molecular weight excluding hydrogens is 244 g/mol. The van der Waals surface area contributed by atoms with Gasteiger partial charge in [0, 0.05) is 18.8 Å². The smallest absolute Gasteiger partial charge is 0.339 e. The van der Waals surface area contributed by atoms with E-state index in [1.807, 2.05) is 32.0 Å². The van der Waals surface area contributed by atoms with E-state index in [0.29, 0.717) is 12.3 Å². The maximum absolute atomic E-state index is 11.2. The lowest BCUT2D eigenvalue weighted by Gasteiger charge is -2.08. The van der Waals surface area contributed by atoms with Crippen LogP contribution in [0.4, 0.5) is 0 Å². The standard InChI is InChI=1S/C14H16N2O3/c1-4-19-12-6-5-10(7-9(12)2)13-11(14(17)18)8-16(3)15-13/h5-8H,4H2,1-3H3,(H,17,18). The van der Waals surface area contributed by atoms with Crippen molar-refractivity contribution in [2.75, 3.05) is 6.61 Å². The molecule has 5 heteroatoms. The number of aromatic nitrogens is 2. The Hall–Kier alpha value is -2.30. The first-order valence-electron chi connectivity index (χ1n) is 6.03. The molecule has 5 nitrogen and oxygen atoms in total. The zero-order chi connectivity index (χ0) is 14.0. The van der Waals surface area contributed by atoms with Crippen LogP contribution < -0.4 is 4.74 Å². The number of benzene rings is 1. The Balaban J connectivity index is 2.48. The van der Waals surface area contributed by atoms with Gasteiger partial charge in [0.1, 0.15) is 17.0 Å². The number of nitrogens with zero attached hydrogens (tertiary/aromatic N) is 2. The molecule has 0 aliphatic heterocycles. The molecule has 2 aromatic rings. The van der Waals surface area contributed by atoms with Crippen molar-refractivity contribution in [1.82, 2.24) is 9.78 Å². The number of hydrogen-bond donors (Lipinski definition) is 1. The maximum atomic E-state index is 11.2. The van der Waals surface area contributed by atoms with Gasteiger partial charge in [-0.05, 0) is 37.6 Å². The Labute approximate surface area is 111 Å². The van der Waals surface area contributed by atoms with E-state index in [-0.39, 0.29) is 5.56 Å². The molecule has 0 radical (unpaired) electrons. The van der Waals surface area contributed by atoms with Crippen molar-refractivity contribution in [2.24, 2.45) is 7.05 Å². The number of rotatable bonds is 4. The van der Waals surface area contributed by atoms with Crippen LogP contribution in [-0.2, 0) is 7.05 Å². The van der Waals surface area contributed by atoms with Crippen LogP contribution in [0.5, 0.6) is 5.75 Å². The van der Waals surface area contributed by atoms with Gasteiger partial charge >= 0.3 is 5.97 Å². The molecule has 0 atom stereocenters. The van der Waals surface area contributed by atoms with Crippen molar-refractivity contribution in [1.29, 1.82) is 0 Å². The summed E-state index contributed by atoms with van der Waals surface area (Å²) in [6.07, 6.45) is 1.50. The third-order valence-electron chi connectivity index (χ3n) is 2.81. The van der Waals surface area contributed by atoms with E-state index in [2.05, 4.69) is 5.10 Å². The number of ether oxygens (including phenoxy) is 1. The molecule has 0 fully saturated rings. The van der Waals surface area contributed by atoms with E-state index in [4.69, 9.17) is 4.74 Å². The van der Waals surface area contributed by atoms with Crippen LogP contribution >= 0.6 is 0 Å². The lowest BCUT2D eigenvalue weighted by Crippen LogP contribution is -1.98. The fraction of sp³-hybridized carbons (Fsp3) is 0.286. The molecule has 1 aromatic carbocycles. The molecule has 0 bridgehead atoms. The minimum atomic E-state index is -0.977. The SMILES string of the molecule is CCOc1ccc(-c2nn(C)cc2C(=O)O)cc1C. The summed E-state index contributed by atoms with van der Waals surface area (Å²) in [4.78, 5) is 11.2. The van der Waals surface area contributed by atoms with Gasteiger partial charge in [0.25, 0.3) is 0 Å².